The van der Waals surface area contributed by atoms with Crippen molar-refractivity contribution in [2.75, 3.05) is 6.54 Å². The maximum absolute atomic E-state index is 13.7. The molecule has 12 heteroatoms. The smallest absolute Gasteiger partial charge is 0.378 e. The molecule has 3 aromatic rings. The van der Waals surface area contributed by atoms with Crippen molar-refractivity contribution in [1.82, 2.24) is 19.9 Å². The van der Waals surface area contributed by atoms with Gasteiger partial charge in [0.05, 0.1) is 28.8 Å². The Bertz CT molecular complexity index is 1570. The molecule has 222 valence electrons. The van der Waals surface area contributed by atoms with Crippen LogP contribution in [0.2, 0.25) is 0 Å². The average molecular weight is 589 g/mol. The number of carbonyl (C=O) groups excluding carboxylic acids is 1. The molecule has 2 aromatic heterocycles. The number of aromatic nitrogens is 3. The molecule has 42 heavy (non-hydrogen) atoms. The van der Waals surface area contributed by atoms with Crippen LogP contribution in [0.4, 0.5) is 22.0 Å². The van der Waals surface area contributed by atoms with E-state index in [0.717, 1.165) is 42.2 Å². The Morgan fingerprint density at radius 2 is 1.83 bits per heavy atom. The van der Waals surface area contributed by atoms with Crippen LogP contribution < -0.4 is 5.56 Å². The Labute approximate surface area is 237 Å². The van der Waals surface area contributed by atoms with E-state index in [1.54, 1.807) is 12.4 Å². The van der Waals surface area contributed by atoms with Crippen LogP contribution in [-0.4, -0.2) is 43.3 Å². The molecule has 2 N–H and O–H groups in total. The van der Waals surface area contributed by atoms with Gasteiger partial charge in [-0.3, -0.25) is 14.6 Å². The van der Waals surface area contributed by atoms with Crippen LogP contribution in [0.5, 0.6) is 0 Å². The van der Waals surface area contributed by atoms with Crippen molar-refractivity contribution in [2.24, 2.45) is 0 Å². The summed E-state index contributed by atoms with van der Waals surface area (Å²) < 4.78 is 66.7. The van der Waals surface area contributed by atoms with Gasteiger partial charge in [-0.25, -0.2) is 13.8 Å². The number of aliphatic hydroxyl groups is 1. The molecule has 3 aliphatic rings. The molecule has 0 saturated heterocycles. The minimum Gasteiger partial charge on any atom is -0.378 e. The Morgan fingerprint density at radius 1 is 1.10 bits per heavy atom. The summed E-state index contributed by atoms with van der Waals surface area (Å²) in [4.78, 5) is 39.5. The number of carbonyl (C=O) groups is 1. The number of rotatable bonds is 5. The minimum atomic E-state index is -4.62. The molecule has 0 bridgehead atoms. The van der Waals surface area contributed by atoms with Crippen LogP contribution in [0.25, 0.3) is 0 Å². The summed E-state index contributed by atoms with van der Waals surface area (Å²) in [5.74, 6) is -2.93. The highest BCUT2D eigenvalue weighted by atomic mass is 19.4. The van der Waals surface area contributed by atoms with Crippen LogP contribution in [0.15, 0.2) is 47.5 Å². The molecule has 0 unspecified atom stereocenters. The molecule has 1 atom stereocenters. The van der Waals surface area contributed by atoms with Gasteiger partial charge in [0.15, 0.2) is 6.10 Å². The second-order valence-electron chi connectivity index (χ2n) is 11.6. The summed E-state index contributed by atoms with van der Waals surface area (Å²) in [6.45, 7) is -0.00272. The zero-order chi connectivity index (χ0) is 29.9. The lowest BCUT2D eigenvalue weighted by Crippen LogP contribution is -2.42. The summed E-state index contributed by atoms with van der Waals surface area (Å²) >= 11 is 0. The van der Waals surface area contributed by atoms with Crippen molar-refractivity contribution < 1.29 is 31.9 Å². The van der Waals surface area contributed by atoms with Crippen LogP contribution in [0.1, 0.15) is 89.9 Å². The minimum absolute atomic E-state index is 0.00164. The van der Waals surface area contributed by atoms with E-state index in [1.165, 1.54) is 11.0 Å². The number of H-pyrrole nitrogens is 1. The van der Waals surface area contributed by atoms with Crippen molar-refractivity contribution in [3.8, 4) is 0 Å². The first-order chi connectivity index (χ1) is 19.9. The molecule has 1 aromatic carbocycles. The number of aromatic amines is 1. The van der Waals surface area contributed by atoms with Gasteiger partial charge in [0.1, 0.15) is 5.82 Å². The van der Waals surface area contributed by atoms with Gasteiger partial charge < -0.3 is 15.0 Å². The number of amides is 1. The lowest BCUT2D eigenvalue weighted by atomic mass is 9.81. The third kappa shape index (κ3) is 5.32. The van der Waals surface area contributed by atoms with Gasteiger partial charge in [-0.2, -0.15) is 13.2 Å². The number of hydrogen-bond donors (Lipinski definition) is 2. The van der Waals surface area contributed by atoms with E-state index in [-0.39, 0.29) is 49.4 Å². The summed E-state index contributed by atoms with van der Waals surface area (Å²) in [5, 5.41) is 10.6. The van der Waals surface area contributed by atoms with Crippen molar-refractivity contribution in [1.29, 1.82) is 0 Å². The highest BCUT2D eigenvalue weighted by Gasteiger charge is 2.49. The summed E-state index contributed by atoms with van der Waals surface area (Å²) in [6.07, 6.45) is -0.821. The molecule has 2 saturated carbocycles. The number of aliphatic hydroxyl groups excluding tert-OH is 1. The lowest BCUT2D eigenvalue weighted by Gasteiger charge is -2.30. The second kappa shape index (κ2) is 10.3. The zero-order valence-corrected chi connectivity index (χ0v) is 22.6. The molecular weight excluding hydrogens is 559 g/mol. The van der Waals surface area contributed by atoms with Gasteiger partial charge in [-0.1, -0.05) is 18.2 Å². The molecule has 2 aliphatic carbocycles. The van der Waals surface area contributed by atoms with E-state index in [2.05, 4.69) is 9.97 Å². The SMILES string of the molecule is O=C([C@H](O)c1cccc(C(F)(F)F)c1)N1CCc2nc(C3(c4cncc(C5CCC(F)(F)CC5)c4)CC3)[nH]c(=O)c2C1. The fraction of sp³-hybridized carbons (Fsp3) is 0.467. The van der Waals surface area contributed by atoms with Gasteiger partial charge in [0.25, 0.3) is 11.5 Å². The third-order valence-electron chi connectivity index (χ3n) is 8.85. The maximum atomic E-state index is 13.7. The molecule has 7 nitrogen and oxygen atoms in total. The highest BCUT2D eigenvalue weighted by molar-refractivity contribution is 5.82. The van der Waals surface area contributed by atoms with Crippen molar-refractivity contribution in [2.45, 2.75) is 81.0 Å². The topological polar surface area (TPSA) is 99.2 Å². The Kier molecular flexibility index (Phi) is 6.94. The molecule has 1 amide bonds. The average Bonchev–Trinajstić information content (AvgIpc) is 3.78. The van der Waals surface area contributed by atoms with E-state index in [0.29, 0.717) is 24.4 Å². The monoisotopic (exact) mass is 588 g/mol. The first-order valence-corrected chi connectivity index (χ1v) is 14.0. The van der Waals surface area contributed by atoms with Crippen LogP contribution in [0.3, 0.4) is 0 Å². The lowest BCUT2D eigenvalue weighted by molar-refractivity contribution is -0.142. The number of pyridine rings is 1. The fourth-order valence-electron chi connectivity index (χ4n) is 6.14. The van der Waals surface area contributed by atoms with Crippen LogP contribution in [-0.2, 0) is 29.4 Å². The van der Waals surface area contributed by atoms with Crippen LogP contribution >= 0.6 is 0 Å². The van der Waals surface area contributed by atoms with E-state index in [9.17, 15) is 36.6 Å². The van der Waals surface area contributed by atoms with Gasteiger partial charge in [-0.05, 0) is 60.4 Å². The predicted molar refractivity (Wildman–Crippen MR) is 141 cm³/mol. The summed E-state index contributed by atoms with van der Waals surface area (Å²) in [5.41, 5.74) is 0.445. The normalized spacial score (nSPS) is 20.6. The van der Waals surface area contributed by atoms with E-state index in [1.807, 2.05) is 6.07 Å². The van der Waals surface area contributed by atoms with Crippen molar-refractivity contribution in [3.63, 3.8) is 0 Å². The molecule has 2 fully saturated rings. The van der Waals surface area contributed by atoms with E-state index < -0.39 is 40.6 Å². The molecule has 3 heterocycles. The Hall–Kier alpha value is -3.67. The Balaban J connectivity index is 1.21. The number of nitrogens with zero attached hydrogens (tertiary/aromatic N) is 3. The predicted octanol–water partition coefficient (Wildman–Crippen LogP) is 5.17. The molecule has 0 spiro atoms. The number of fused-ring (bicyclic) bond motifs is 1. The second-order valence-corrected chi connectivity index (χ2v) is 11.6. The van der Waals surface area contributed by atoms with Crippen molar-refractivity contribution >= 4 is 5.91 Å². The first-order valence-electron chi connectivity index (χ1n) is 14.0. The maximum Gasteiger partial charge on any atom is 0.416 e. The Morgan fingerprint density at radius 3 is 2.52 bits per heavy atom. The van der Waals surface area contributed by atoms with Crippen LogP contribution in [0, 0.1) is 0 Å². The number of halogens is 5. The van der Waals surface area contributed by atoms with Gasteiger partial charge in [-0.15, -0.1) is 0 Å². The number of benzene rings is 1. The fourth-order valence-corrected chi connectivity index (χ4v) is 6.14. The number of hydrogen-bond acceptors (Lipinski definition) is 5. The molecule has 1 aliphatic heterocycles. The first kappa shape index (κ1) is 28.4. The highest BCUT2D eigenvalue weighted by Crippen LogP contribution is 2.52. The van der Waals surface area contributed by atoms with E-state index >= 15 is 0 Å². The summed E-state index contributed by atoms with van der Waals surface area (Å²) in [7, 11) is 0. The number of alkyl halides is 5. The molecular formula is C30H29F5N4O3. The molecule has 6 rings (SSSR count). The van der Waals surface area contributed by atoms with Crippen molar-refractivity contribution in [3.05, 3.63) is 92.4 Å². The quantitative estimate of drug-likeness (QED) is 0.401. The summed E-state index contributed by atoms with van der Waals surface area (Å²) in [6, 6.07) is 5.96. The zero-order valence-electron chi connectivity index (χ0n) is 22.6. The number of nitrogens with one attached hydrogen (secondary N) is 1. The van der Waals surface area contributed by atoms with E-state index in [4.69, 9.17) is 4.98 Å². The molecule has 0 radical (unpaired) electrons. The van der Waals surface area contributed by atoms with Gasteiger partial charge in [0.2, 0.25) is 5.92 Å². The van der Waals surface area contributed by atoms with Gasteiger partial charge >= 0.3 is 6.18 Å². The van der Waals surface area contributed by atoms with Gasteiger partial charge in [0, 0.05) is 38.2 Å². The largest absolute Gasteiger partial charge is 0.416 e. The standard InChI is InChI=1S/C30H29F5N4O3/c31-29(32)7-4-17(5-8-29)19-13-21(15-36-14-19)28(9-10-28)27-37-23-6-11-39(16-22(23)25(41)38-27)26(42)24(40)18-2-1-3-20(12-18)30(33,34)35/h1-3,12-15,17,24,40H,4-11,16H2,(H,37,38,41)/t24-/m1/s1. The third-order valence-corrected chi connectivity index (χ3v) is 8.85.